The first-order chi connectivity index (χ1) is 14.0. The first-order valence-electron chi connectivity index (χ1n) is 8.83. The van der Waals surface area contributed by atoms with E-state index >= 15 is 0 Å². The fourth-order valence-electron chi connectivity index (χ4n) is 2.54. The topological polar surface area (TPSA) is 91.2 Å². The average Bonchev–Trinajstić information content (AvgIpc) is 3.13. The molecule has 10 heteroatoms. The van der Waals surface area contributed by atoms with Crippen LogP contribution >= 0.6 is 23.2 Å². The van der Waals surface area contributed by atoms with Crippen molar-refractivity contribution in [2.45, 2.75) is 13.3 Å². The van der Waals surface area contributed by atoms with Crippen molar-refractivity contribution in [3.05, 3.63) is 58.2 Å². The minimum absolute atomic E-state index is 0.0236. The molecule has 1 aromatic carbocycles. The molecule has 0 atom stereocenters. The monoisotopic (exact) mass is 435 g/mol. The zero-order valence-corrected chi connectivity index (χ0v) is 17.4. The summed E-state index contributed by atoms with van der Waals surface area (Å²) in [7, 11) is 1.57. The summed E-state index contributed by atoms with van der Waals surface area (Å²) in [5.74, 6) is 0.297. The number of benzene rings is 1. The second-order valence-corrected chi connectivity index (χ2v) is 6.65. The number of aromatic nitrogens is 4. The highest BCUT2D eigenvalue weighted by Gasteiger charge is 2.20. The third-order valence-corrected chi connectivity index (χ3v) is 4.50. The number of carbonyl (C=O) groups excluding carboxylic acids is 1. The summed E-state index contributed by atoms with van der Waals surface area (Å²) < 4.78 is 12.0. The molecular formula is C19H19Cl2N5O3. The number of ether oxygens (including phenoxy) is 2. The van der Waals surface area contributed by atoms with Gasteiger partial charge in [-0.2, -0.15) is 0 Å². The molecule has 0 fully saturated rings. The number of nitrogens with zero attached hydrogens (tertiary/aromatic N) is 4. The maximum Gasteiger partial charge on any atom is 0.295 e. The van der Waals surface area contributed by atoms with Gasteiger partial charge in [-0.05, 0) is 24.3 Å². The summed E-state index contributed by atoms with van der Waals surface area (Å²) in [5.41, 5.74) is 0.878. The van der Waals surface area contributed by atoms with Crippen LogP contribution in [0, 0.1) is 0 Å². The molecule has 0 saturated carbocycles. The number of anilines is 1. The number of nitrogens with one attached hydrogen (secondary N) is 1. The number of amides is 1. The second-order valence-electron chi connectivity index (χ2n) is 5.84. The Hall–Kier alpha value is -2.68. The van der Waals surface area contributed by atoms with Crippen LogP contribution in [0.2, 0.25) is 10.0 Å². The van der Waals surface area contributed by atoms with E-state index in [1.54, 1.807) is 43.6 Å². The molecule has 0 aliphatic carbocycles. The summed E-state index contributed by atoms with van der Waals surface area (Å²) in [6.45, 7) is 2.60. The van der Waals surface area contributed by atoms with Crippen LogP contribution in [0.3, 0.4) is 0 Å². The zero-order chi connectivity index (χ0) is 20.8. The van der Waals surface area contributed by atoms with Gasteiger partial charge in [0.25, 0.3) is 5.91 Å². The fraction of sp³-hybridized carbons (Fsp3) is 0.263. The Morgan fingerprint density at radius 1 is 1.17 bits per heavy atom. The number of aryl methyl sites for hydroxylation is 1. The number of halogens is 2. The molecule has 0 aliphatic rings. The number of hydrogen-bond donors (Lipinski definition) is 1. The normalized spacial score (nSPS) is 10.8. The van der Waals surface area contributed by atoms with Crippen LogP contribution < -0.4 is 10.1 Å². The molecule has 0 aliphatic heterocycles. The van der Waals surface area contributed by atoms with Gasteiger partial charge in [0.15, 0.2) is 0 Å². The number of carbonyl (C=O) groups is 1. The smallest absolute Gasteiger partial charge is 0.295 e. The molecule has 1 N–H and O–H groups in total. The van der Waals surface area contributed by atoms with E-state index in [0.29, 0.717) is 46.9 Å². The first kappa shape index (κ1) is 21.0. The lowest BCUT2D eigenvalue weighted by Crippen LogP contribution is -2.16. The van der Waals surface area contributed by atoms with Crippen molar-refractivity contribution in [3.63, 3.8) is 0 Å². The van der Waals surface area contributed by atoms with Gasteiger partial charge in [0.1, 0.15) is 23.8 Å². The number of para-hydroxylation sites is 1. The molecule has 0 radical (unpaired) electrons. The van der Waals surface area contributed by atoms with Crippen LogP contribution in [-0.4, -0.2) is 46.0 Å². The van der Waals surface area contributed by atoms with E-state index in [4.69, 9.17) is 32.7 Å². The van der Waals surface area contributed by atoms with Gasteiger partial charge in [-0.15, -0.1) is 5.10 Å². The van der Waals surface area contributed by atoms with Crippen molar-refractivity contribution >= 4 is 34.8 Å². The molecule has 2 aromatic heterocycles. The van der Waals surface area contributed by atoms with Crippen molar-refractivity contribution < 1.29 is 14.3 Å². The molecule has 1 amide bonds. The van der Waals surface area contributed by atoms with Gasteiger partial charge >= 0.3 is 0 Å². The quantitative estimate of drug-likeness (QED) is 0.540. The largest absolute Gasteiger partial charge is 0.474 e. The predicted octanol–water partition coefficient (Wildman–Crippen LogP) is 3.81. The van der Waals surface area contributed by atoms with Crippen LogP contribution in [-0.2, 0) is 11.2 Å². The molecule has 0 saturated heterocycles. The molecule has 0 unspecified atom stereocenters. The fourth-order valence-corrected chi connectivity index (χ4v) is 3.10. The van der Waals surface area contributed by atoms with E-state index in [0.717, 1.165) is 0 Å². The molecule has 3 aromatic rings. The third kappa shape index (κ3) is 4.84. The molecule has 152 valence electrons. The maximum atomic E-state index is 12.8. The third-order valence-electron chi connectivity index (χ3n) is 3.89. The molecule has 2 heterocycles. The summed E-state index contributed by atoms with van der Waals surface area (Å²) in [4.78, 5) is 21.2. The Morgan fingerprint density at radius 3 is 2.62 bits per heavy atom. The zero-order valence-electron chi connectivity index (χ0n) is 15.9. The van der Waals surface area contributed by atoms with Gasteiger partial charge in [0.05, 0.1) is 16.7 Å². The Morgan fingerprint density at radius 2 is 1.93 bits per heavy atom. The van der Waals surface area contributed by atoms with E-state index in [1.165, 1.54) is 4.68 Å². The summed E-state index contributed by atoms with van der Waals surface area (Å²) in [6.07, 6.45) is 2.10. The maximum absolute atomic E-state index is 12.8. The Labute approximate surface area is 177 Å². The van der Waals surface area contributed by atoms with Gasteiger partial charge in [-0.1, -0.05) is 36.2 Å². The van der Waals surface area contributed by atoms with Crippen LogP contribution in [0.4, 0.5) is 5.69 Å². The van der Waals surface area contributed by atoms with E-state index in [9.17, 15) is 4.79 Å². The highest BCUT2D eigenvalue weighted by atomic mass is 35.5. The average molecular weight is 436 g/mol. The number of hydrogen-bond acceptors (Lipinski definition) is 6. The molecule has 0 spiro atoms. The minimum Gasteiger partial charge on any atom is -0.474 e. The standard InChI is InChI=1S/C19H19Cl2N5O3/c1-3-15-24-17(25-26(15)16-12(20)6-4-7-13(16)21)18(27)23-14-8-5-9-22-19(14)29-11-10-28-2/h4-9H,3,10-11H2,1-2H3,(H,23,27). The van der Waals surface area contributed by atoms with Crippen molar-refractivity contribution in [2.75, 3.05) is 25.6 Å². The van der Waals surface area contributed by atoms with E-state index in [-0.39, 0.29) is 11.7 Å². The first-order valence-corrected chi connectivity index (χ1v) is 9.59. The summed E-state index contributed by atoms with van der Waals surface area (Å²) in [6, 6.07) is 8.49. The minimum atomic E-state index is -0.508. The Kier molecular flexibility index (Phi) is 7.03. The molecule has 8 nitrogen and oxygen atoms in total. The van der Waals surface area contributed by atoms with E-state index in [2.05, 4.69) is 20.4 Å². The van der Waals surface area contributed by atoms with Crippen molar-refractivity contribution in [1.82, 2.24) is 19.7 Å². The lowest BCUT2D eigenvalue weighted by molar-refractivity contribution is 0.101. The summed E-state index contributed by atoms with van der Waals surface area (Å²) in [5, 5.41) is 7.86. The van der Waals surface area contributed by atoms with Crippen molar-refractivity contribution in [3.8, 4) is 11.6 Å². The molecule has 0 bridgehead atoms. The van der Waals surface area contributed by atoms with Gasteiger partial charge in [-0.25, -0.2) is 14.6 Å². The summed E-state index contributed by atoms with van der Waals surface area (Å²) >= 11 is 12.6. The number of methoxy groups -OCH3 is 1. The highest BCUT2D eigenvalue weighted by Crippen LogP contribution is 2.29. The van der Waals surface area contributed by atoms with Crippen molar-refractivity contribution in [2.24, 2.45) is 0 Å². The number of pyridine rings is 1. The predicted molar refractivity (Wildman–Crippen MR) is 110 cm³/mol. The van der Waals surface area contributed by atoms with Crippen molar-refractivity contribution in [1.29, 1.82) is 0 Å². The van der Waals surface area contributed by atoms with Gasteiger partial charge in [-0.3, -0.25) is 4.79 Å². The lowest BCUT2D eigenvalue weighted by atomic mass is 10.3. The molecule has 29 heavy (non-hydrogen) atoms. The number of rotatable bonds is 8. The lowest BCUT2D eigenvalue weighted by Gasteiger charge is -2.10. The Bertz CT molecular complexity index is 989. The van der Waals surface area contributed by atoms with Gasteiger partial charge in [0, 0.05) is 19.7 Å². The van der Waals surface area contributed by atoms with Gasteiger partial charge < -0.3 is 14.8 Å². The van der Waals surface area contributed by atoms with E-state index < -0.39 is 5.91 Å². The van der Waals surface area contributed by atoms with Crippen LogP contribution in [0.1, 0.15) is 23.4 Å². The van der Waals surface area contributed by atoms with Gasteiger partial charge in [0.2, 0.25) is 11.7 Å². The Balaban J connectivity index is 1.87. The highest BCUT2D eigenvalue weighted by molar-refractivity contribution is 6.37. The SMILES string of the molecule is CCc1nc(C(=O)Nc2cccnc2OCCOC)nn1-c1c(Cl)cccc1Cl. The second kappa shape index (κ2) is 9.69. The van der Waals surface area contributed by atoms with Crippen LogP contribution in [0.25, 0.3) is 5.69 Å². The van der Waals surface area contributed by atoms with Crippen LogP contribution in [0.15, 0.2) is 36.5 Å². The van der Waals surface area contributed by atoms with Crippen LogP contribution in [0.5, 0.6) is 5.88 Å². The van der Waals surface area contributed by atoms with E-state index in [1.807, 2.05) is 6.92 Å². The molecule has 3 rings (SSSR count). The molecular weight excluding hydrogens is 417 g/mol.